The zero-order chi connectivity index (χ0) is 19.3. The minimum atomic E-state index is -0.857. The highest BCUT2D eigenvalue weighted by molar-refractivity contribution is 6.04. The van der Waals surface area contributed by atoms with Gasteiger partial charge in [-0.1, -0.05) is 0 Å². The molecule has 2 rings (SSSR count). The van der Waals surface area contributed by atoms with Crippen molar-refractivity contribution in [2.24, 2.45) is 0 Å². The number of rotatable bonds is 7. The van der Waals surface area contributed by atoms with Crippen LogP contribution < -0.4 is 14.8 Å². The van der Waals surface area contributed by atoms with Crippen molar-refractivity contribution in [3.8, 4) is 11.5 Å². The molecule has 0 atom stereocenters. The largest absolute Gasteiger partial charge is 0.493 e. The van der Waals surface area contributed by atoms with Crippen molar-refractivity contribution in [3.63, 3.8) is 0 Å². The molecular formula is C16H19N3O7. The Morgan fingerprint density at radius 1 is 1.15 bits per heavy atom. The molecule has 0 bridgehead atoms. The van der Waals surface area contributed by atoms with Gasteiger partial charge in [-0.3, -0.25) is 19.3 Å². The number of benzene rings is 1. The van der Waals surface area contributed by atoms with Crippen molar-refractivity contribution >= 4 is 29.5 Å². The summed E-state index contributed by atoms with van der Waals surface area (Å²) in [5.41, 5.74) is 0.426. The molecule has 0 saturated carbocycles. The van der Waals surface area contributed by atoms with Gasteiger partial charge in [-0.15, -0.1) is 0 Å². The second-order valence-electron chi connectivity index (χ2n) is 5.40. The van der Waals surface area contributed by atoms with E-state index in [1.165, 1.54) is 26.2 Å². The third kappa shape index (κ3) is 4.41. The van der Waals surface area contributed by atoms with Gasteiger partial charge in [0.05, 0.1) is 14.2 Å². The van der Waals surface area contributed by atoms with Crippen LogP contribution in [-0.4, -0.2) is 74.6 Å². The number of nitrogens with one attached hydrogen (secondary N) is 1. The summed E-state index contributed by atoms with van der Waals surface area (Å²) in [7, 11) is 4.40. The van der Waals surface area contributed by atoms with Gasteiger partial charge >= 0.3 is 12.0 Å². The van der Waals surface area contributed by atoms with Crippen LogP contribution in [0.4, 0.5) is 10.5 Å². The van der Waals surface area contributed by atoms with E-state index in [-0.39, 0.29) is 6.54 Å². The van der Waals surface area contributed by atoms with Crippen molar-refractivity contribution in [1.82, 2.24) is 9.80 Å². The zero-order valence-electron chi connectivity index (χ0n) is 14.6. The fourth-order valence-corrected chi connectivity index (χ4v) is 2.26. The SMILES string of the molecule is COc1ccc(NC(=O)COC(=O)CN2C(=O)CN(C)C2=O)cc1OC. The van der Waals surface area contributed by atoms with E-state index in [1.807, 2.05) is 0 Å². The van der Waals surface area contributed by atoms with E-state index in [0.29, 0.717) is 17.2 Å². The monoisotopic (exact) mass is 365 g/mol. The van der Waals surface area contributed by atoms with Crippen LogP contribution >= 0.6 is 0 Å². The van der Waals surface area contributed by atoms with E-state index >= 15 is 0 Å². The van der Waals surface area contributed by atoms with Crippen LogP contribution in [-0.2, 0) is 19.1 Å². The van der Waals surface area contributed by atoms with Gasteiger partial charge < -0.3 is 24.4 Å². The third-order valence-corrected chi connectivity index (χ3v) is 3.55. The molecule has 1 fully saturated rings. The molecule has 1 saturated heterocycles. The number of imide groups is 1. The van der Waals surface area contributed by atoms with E-state index in [2.05, 4.69) is 5.32 Å². The minimum Gasteiger partial charge on any atom is -0.493 e. The number of hydrogen-bond donors (Lipinski definition) is 1. The number of anilines is 1. The van der Waals surface area contributed by atoms with E-state index in [9.17, 15) is 19.2 Å². The zero-order valence-corrected chi connectivity index (χ0v) is 14.6. The van der Waals surface area contributed by atoms with Gasteiger partial charge in [0, 0.05) is 18.8 Å². The number of urea groups is 1. The highest BCUT2D eigenvalue weighted by Gasteiger charge is 2.35. The quantitative estimate of drug-likeness (QED) is 0.537. The smallest absolute Gasteiger partial charge is 0.327 e. The average Bonchev–Trinajstić information content (AvgIpc) is 2.86. The Hall–Kier alpha value is -3.30. The summed E-state index contributed by atoms with van der Waals surface area (Å²) in [5.74, 6) is -1.00. The first kappa shape index (κ1) is 19.0. The van der Waals surface area contributed by atoms with Gasteiger partial charge in [-0.25, -0.2) is 4.79 Å². The van der Waals surface area contributed by atoms with Crippen LogP contribution in [0, 0.1) is 0 Å². The number of amides is 4. The Labute approximate surface area is 149 Å². The van der Waals surface area contributed by atoms with Crippen molar-refractivity contribution in [1.29, 1.82) is 0 Å². The number of likely N-dealkylation sites (N-methyl/N-ethyl adjacent to an activating group) is 1. The number of carbonyl (C=O) groups excluding carboxylic acids is 4. The second kappa shape index (κ2) is 8.19. The molecule has 1 aliphatic rings. The van der Waals surface area contributed by atoms with E-state index in [0.717, 1.165) is 4.90 Å². The Balaban J connectivity index is 1.84. The van der Waals surface area contributed by atoms with E-state index in [1.54, 1.807) is 18.2 Å². The summed E-state index contributed by atoms with van der Waals surface area (Å²) >= 11 is 0. The molecule has 4 amide bonds. The molecule has 0 unspecified atom stereocenters. The number of methoxy groups -OCH3 is 2. The van der Waals surface area contributed by atoms with Crippen molar-refractivity contribution in [2.75, 3.05) is 46.3 Å². The maximum Gasteiger partial charge on any atom is 0.327 e. The highest BCUT2D eigenvalue weighted by Crippen LogP contribution is 2.29. The molecule has 1 heterocycles. The molecule has 26 heavy (non-hydrogen) atoms. The van der Waals surface area contributed by atoms with Crippen LogP contribution in [0.5, 0.6) is 11.5 Å². The Morgan fingerprint density at radius 3 is 2.42 bits per heavy atom. The van der Waals surface area contributed by atoms with Gasteiger partial charge in [0.1, 0.15) is 13.1 Å². The number of ether oxygens (including phenoxy) is 3. The molecule has 0 aromatic heterocycles. The predicted molar refractivity (Wildman–Crippen MR) is 88.9 cm³/mol. The number of carbonyl (C=O) groups is 4. The standard InChI is InChI=1S/C16H19N3O7/c1-18-7-14(21)19(16(18)23)8-15(22)26-9-13(20)17-10-4-5-11(24-2)12(6-10)25-3/h4-6H,7-9H2,1-3H3,(H,17,20). The fourth-order valence-electron chi connectivity index (χ4n) is 2.26. The van der Waals surface area contributed by atoms with Gasteiger partial charge in [-0.05, 0) is 12.1 Å². The van der Waals surface area contributed by atoms with Crippen LogP contribution in [0.2, 0.25) is 0 Å². The molecule has 1 aromatic rings. The first-order valence-corrected chi connectivity index (χ1v) is 7.58. The average molecular weight is 365 g/mol. The minimum absolute atomic E-state index is 0.0914. The Bertz CT molecular complexity index is 735. The van der Waals surface area contributed by atoms with Crippen LogP contribution in [0.15, 0.2) is 18.2 Å². The molecule has 1 N–H and O–H groups in total. The Morgan fingerprint density at radius 2 is 1.85 bits per heavy atom. The molecule has 1 aromatic carbocycles. The van der Waals surface area contributed by atoms with E-state index in [4.69, 9.17) is 14.2 Å². The van der Waals surface area contributed by atoms with Crippen LogP contribution in [0.3, 0.4) is 0 Å². The van der Waals surface area contributed by atoms with E-state index < -0.39 is 37.0 Å². The highest BCUT2D eigenvalue weighted by atomic mass is 16.5. The second-order valence-corrected chi connectivity index (χ2v) is 5.40. The summed E-state index contributed by atoms with van der Waals surface area (Å²) in [6.07, 6.45) is 0. The number of hydrogen-bond acceptors (Lipinski definition) is 7. The van der Waals surface area contributed by atoms with Gasteiger partial charge in [0.15, 0.2) is 18.1 Å². The summed E-state index contributed by atoms with van der Waals surface area (Å²) in [4.78, 5) is 48.8. The molecule has 1 aliphatic heterocycles. The van der Waals surface area contributed by atoms with Crippen molar-refractivity contribution < 1.29 is 33.4 Å². The molecular weight excluding hydrogens is 346 g/mol. The maximum absolute atomic E-state index is 11.9. The summed E-state index contributed by atoms with van der Waals surface area (Å²) in [6.45, 7) is -1.18. The lowest BCUT2D eigenvalue weighted by atomic mass is 10.2. The van der Waals surface area contributed by atoms with Crippen molar-refractivity contribution in [2.45, 2.75) is 0 Å². The predicted octanol–water partition coefficient (Wildman–Crippen LogP) is 0.0795. The van der Waals surface area contributed by atoms with Gasteiger partial charge in [-0.2, -0.15) is 0 Å². The molecule has 0 aliphatic carbocycles. The van der Waals surface area contributed by atoms with Crippen LogP contribution in [0.1, 0.15) is 0 Å². The first-order chi connectivity index (χ1) is 12.3. The molecule has 140 valence electrons. The molecule has 10 nitrogen and oxygen atoms in total. The summed E-state index contributed by atoms with van der Waals surface area (Å²) in [6, 6.07) is 4.18. The van der Waals surface area contributed by atoms with Crippen molar-refractivity contribution in [3.05, 3.63) is 18.2 Å². The Kier molecular flexibility index (Phi) is 5.99. The first-order valence-electron chi connectivity index (χ1n) is 7.58. The molecule has 10 heteroatoms. The van der Waals surface area contributed by atoms with Gasteiger partial charge in [0.25, 0.3) is 11.8 Å². The lowest BCUT2D eigenvalue weighted by Crippen LogP contribution is -2.37. The summed E-state index contributed by atoms with van der Waals surface area (Å²) < 4.78 is 15.0. The van der Waals surface area contributed by atoms with Crippen LogP contribution in [0.25, 0.3) is 0 Å². The molecule has 0 spiro atoms. The van der Waals surface area contributed by atoms with Gasteiger partial charge in [0.2, 0.25) is 0 Å². The normalized spacial score (nSPS) is 13.7. The lowest BCUT2D eigenvalue weighted by molar-refractivity contribution is -0.149. The number of nitrogens with zero attached hydrogens (tertiary/aromatic N) is 2. The number of esters is 1. The topological polar surface area (TPSA) is 114 Å². The molecule has 0 radical (unpaired) electrons. The lowest BCUT2D eigenvalue weighted by Gasteiger charge is -2.13. The third-order valence-electron chi connectivity index (χ3n) is 3.55. The summed E-state index contributed by atoms with van der Waals surface area (Å²) in [5, 5.41) is 2.53. The fraction of sp³-hybridized carbons (Fsp3) is 0.375. The maximum atomic E-state index is 11.9.